The van der Waals surface area contributed by atoms with Crippen LogP contribution in [0.1, 0.15) is 26.4 Å². The number of anilines is 2. The third-order valence-corrected chi connectivity index (χ3v) is 5.45. The SMILES string of the molecule is O=C(Nc1ccc(Oc2ccnc(C(=O)NNC(=O)c3ccc(F)nc3)c2)cc1)Nc1ccc(Cl)c(C(F)(F)F)c1. The van der Waals surface area contributed by atoms with Crippen molar-refractivity contribution >= 4 is 40.8 Å². The molecule has 2 aromatic carbocycles. The number of alkyl halides is 3. The highest BCUT2D eigenvalue weighted by Crippen LogP contribution is 2.36. The number of ether oxygens (including phenoxy) is 1. The Morgan fingerprint density at radius 1 is 0.780 bits per heavy atom. The molecule has 15 heteroatoms. The van der Waals surface area contributed by atoms with Gasteiger partial charge in [0.25, 0.3) is 11.8 Å². The first kappa shape index (κ1) is 28.8. The van der Waals surface area contributed by atoms with Crippen molar-refractivity contribution in [3.63, 3.8) is 0 Å². The summed E-state index contributed by atoms with van der Waals surface area (Å²) in [5, 5.41) is 4.28. The molecule has 0 atom stereocenters. The average molecular weight is 589 g/mol. The number of benzene rings is 2. The van der Waals surface area contributed by atoms with E-state index in [1.165, 1.54) is 54.7 Å². The standard InChI is InChI=1S/C26H17ClF4N6O4/c27-20-7-4-16(11-19(20)26(29,30)31)35-25(40)34-15-2-5-17(6-3-15)41-18-9-10-32-21(12-18)24(39)37-36-23(38)14-1-8-22(28)33-13-14/h1-13H,(H,36,38)(H,37,39)(H2,34,35,40). The lowest BCUT2D eigenvalue weighted by Gasteiger charge is -2.12. The Bertz CT molecular complexity index is 1580. The maximum absolute atomic E-state index is 13.0. The molecule has 0 aliphatic heterocycles. The van der Waals surface area contributed by atoms with Gasteiger partial charge in [-0.25, -0.2) is 9.78 Å². The third kappa shape index (κ3) is 7.89. The fraction of sp³-hybridized carbons (Fsp3) is 0.0385. The lowest BCUT2D eigenvalue weighted by molar-refractivity contribution is -0.137. The highest BCUT2D eigenvalue weighted by molar-refractivity contribution is 6.31. The summed E-state index contributed by atoms with van der Waals surface area (Å²) in [5.41, 5.74) is 3.38. The molecule has 0 fully saturated rings. The maximum Gasteiger partial charge on any atom is 0.417 e. The summed E-state index contributed by atoms with van der Waals surface area (Å²) in [6.07, 6.45) is -2.37. The molecule has 2 aromatic heterocycles. The minimum absolute atomic E-state index is 0.0210. The second-order valence-electron chi connectivity index (χ2n) is 8.05. The number of rotatable bonds is 6. The van der Waals surface area contributed by atoms with Crippen molar-refractivity contribution in [2.45, 2.75) is 6.18 Å². The van der Waals surface area contributed by atoms with Gasteiger partial charge in [0.2, 0.25) is 5.95 Å². The molecule has 0 bridgehead atoms. The quantitative estimate of drug-likeness (QED) is 0.128. The molecule has 4 N–H and O–H groups in total. The zero-order valence-corrected chi connectivity index (χ0v) is 21.2. The van der Waals surface area contributed by atoms with Gasteiger partial charge in [0, 0.05) is 29.8 Å². The second-order valence-corrected chi connectivity index (χ2v) is 8.46. The fourth-order valence-corrected chi connectivity index (χ4v) is 3.44. The van der Waals surface area contributed by atoms with Crippen LogP contribution in [0, 0.1) is 5.95 Å². The Morgan fingerprint density at radius 3 is 2.15 bits per heavy atom. The van der Waals surface area contributed by atoms with Crippen molar-refractivity contribution in [1.82, 2.24) is 20.8 Å². The third-order valence-electron chi connectivity index (χ3n) is 5.12. The maximum atomic E-state index is 13.0. The van der Waals surface area contributed by atoms with Crippen LogP contribution in [0.2, 0.25) is 5.02 Å². The summed E-state index contributed by atoms with van der Waals surface area (Å²) in [6, 6.07) is 13.1. The number of carbonyl (C=O) groups is 3. The summed E-state index contributed by atoms with van der Waals surface area (Å²) in [7, 11) is 0. The number of aromatic nitrogens is 2. The van der Waals surface area contributed by atoms with E-state index < -0.39 is 40.6 Å². The monoisotopic (exact) mass is 588 g/mol. The molecular weight excluding hydrogens is 572 g/mol. The summed E-state index contributed by atoms with van der Waals surface area (Å²) in [5.74, 6) is -1.70. The summed E-state index contributed by atoms with van der Waals surface area (Å²) in [6.45, 7) is 0. The van der Waals surface area contributed by atoms with E-state index in [2.05, 4.69) is 31.5 Å². The van der Waals surface area contributed by atoms with Gasteiger partial charge in [0.1, 0.15) is 17.2 Å². The molecule has 10 nitrogen and oxygen atoms in total. The van der Waals surface area contributed by atoms with Crippen LogP contribution >= 0.6 is 11.6 Å². The molecule has 4 amide bonds. The molecule has 2 heterocycles. The number of hydrazine groups is 1. The van der Waals surface area contributed by atoms with E-state index in [4.69, 9.17) is 16.3 Å². The van der Waals surface area contributed by atoms with E-state index in [1.807, 2.05) is 0 Å². The number of pyridine rings is 2. The molecule has 0 saturated carbocycles. The molecule has 210 valence electrons. The van der Waals surface area contributed by atoms with Crippen molar-refractivity contribution in [2.75, 3.05) is 10.6 Å². The largest absolute Gasteiger partial charge is 0.457 e. The van der Waals surface area contributed by atoms with Crippen molar-refractivity contribution in [1.29, 1.82) is 0 Å². The number of urea groups is 1. The van der Waals surface area contributed by atoms with E-state index >= 15 is 0 Å². The topological polar surface area (TPSA) is 134 Å². The summed E-state index contributed by atoms with van der Waals surface area (Å²) in [4.78, 5) is 43.9. The molecule has 4 rings (SSSR count). The second kappa shape index (κ2) is 12.3. The molecule has 41 heavy (non-hydrogen) atoms. The summed E-state index contributed by atoms with van der Waals surface area (Å²) < 4.78 is 57.7. The summed E-state index contributed by atoms with van der Waals surface area (Å²) >= 11 is 5.58. The number of nitrogens with one attached hydrogen (secondary N) is 4. The molecule has 0 spiro atoms. The minimum atomic E-state index is -4.68. The number of nitrogens with zero attached hydrogens (tertiary/aromatic N) is 2. The van der Waals surface area contributed by atoms with Gasteiger partial charge in [-0.15, -0.1) is 0 Å². The van der Waals surface area contributed by atoms with E-state index in [0.717, 1.165) is 24.4 Å². The normalized spacial score (nSPS) is 10.9. The van der Waals surface area contributed by atoms with Crippen molar-refractivity contribution < 1.29 is 36.7 Å². The molecular formula is C26H17ClF4N6O4. The van der Waals surface area contributed by atoms with Gasteiger partial charge in [0.15, 0.2) is 0 Å². The first-order valence-corrected chi connectivity index (χ1v) is 11.8. The number of carbonyl (C=O) groups excluding carboxylic acids is 3. The van der Waals surface area contributed by atoms with Crippen LogP contribution < -0.4 is 26.2 Å². The number of amides is 4. The number of hydrogen-bond acceptors (Lipinski definition) is 6. The first-order valence-electron chi connectivity index (χ1n) is 11.4. The Kier molecular flexibility index (Phi) is 8.63. The van der Waals surface area contributed by atoms with Crippen LogP contribution in [0.25, 0.3) is 0 Å². The van der Waals surface area contributed by atoms with Crippen molar-refractivity contribution in [2.24, 2.45) is 0 Å². The highest BCUT2D eigenvalue weighted by atomic mass is 35.5. The molecule has 0 aliphatic rings. The zero-order valence-electron chi connectivity index (χ0n) is 20.4. The fourth-order valence-electron chi connectivity index (χ4n) is 3.21. The van der Waals surface area contributed by atoms with E-state index in [1.54, 1.807) is 0 Å². The predicted octanol–water partition coefficient (Wildman–Crippen LogP) is 5.80. The van der Waals surface area contributed by atoms with Crippen LogP contribution in [0.5, 0.6) is 11.5 Å². The van der Waals surface area contributed by atoms with Gasteiger partial charge >= 0.3 is 12.2 Å². The minimum Gasteiger partial charge on any atom is -0.457 e. The Labute approximate surface area is 233 Å². The van der Waals surface area contributed by atoms with E-state index in [0.29, 0.717) is 11.4 Å². The van der Waals surface area contributed by atoms with Crippen LogP contribution in [-0.2, 0) is 6.18 Å². The zero-order chi connectivity index (χ0) is 29.6. The number of hydrogen-bond donors (Lipinski definition) is 4. The first-order chi connectivity index (χ1) is 19.5. The molecule has 0 saturated heterocycles. The Balaban J connectivity index is 1.31. The Morgan fingerprint density at radius 2 is 1.46 bits per heavy atom. The van der Waals surface area contributed by atoms with Gasteiger partial charge in [0.05, 0.1) is 16.1 Å². The van der Waals surface area contributed by atoms with Crippen LogP contribution in [0.3, 0.4) is 0 Å². The van der Waals surface area contributed by atoms with E-state index in [9.17, 15) is 31.9 Å². The van der Waals surface area contributed by atoms with Crippen LogP contribution in [0.4, 0.5) is 33.7 Å². The van der Waals surface area contributed by atoms with E-state index in [-0.39, 0.29) is 22.7 Å². The lowest BCUT2D eigenvalue weighted by atomic mass is 10.2. The molecule has 0 aliphatic carbocycles. The van der Waals surface area contributed by atoms with Crippen molar-refractivity contribution in [3.8, 4) is 11.5 Å². The molecule has 0 unspecified atom stereocenters. The predicted molar refractivity (Wildman–Crippen MR) is 139 cm³/mol. The van der Waals surface area contributed by atoms with Crippen molar-refractivity contribution in [3.05, 3.63) is 107 Å². The highest BCUT2D eigenvalue weighted by Gasteiger charge is 2.33. The Hall–Kier alpha value is -5.24. The van der Waals surface area contributed by atoms with Gasteiger partial charge in [-0.2, -0.15) is 17.6 Å². The van der Waals surface area contributed by atoms with Gasteiger partial charge in [-0.3, -0.25) is 25.4 Å². The molecule has 4 aromatic rings. The van der Waals surface area contributed by atoms with Gasteiger partial charge < -0.3 is 15.4 Å². The van der Waals surface area contributed by atoms with Gasteiger partial charge in [-0.05, 0) is 60.7 Å². The lowest BCUT2D eigenvalue weighted by Crippen LogP contribution is -2.42. The molecule has 0 radical (unpaired) electrons. The smallest absolute Gasteiger partial charge is 0.417 e. The van der Waals surface area contributed by atoms with Crippen LogP contribution in [0.15, 0.2) is 79.1 Å². The average Bonchev–Trinajstić information content (AvgIpc) is 2.93. The van der Waals surface area contributed by atoms with Gasteiger partial charge in [-0.1, -0.05) is 11.6 Å². The van der Waals surface area contributed by atoms with Crippen LogP contribution in [-0.4, -0.2) is 27.8 Å². The number of halogens is 5.